The van der Waals surface area contributed by atoms with E-state index in [9.17, 15) is 5.11 Å². The first kappa shape index (κ1) is 17.5. The van der Waals surface area contributed by atoms with Gasteiger partial charge in [-0.1, -0.05) is 11.6 Å². The third-order valence-corrected chi connectivity index (χ3v) is 4.81. The topological polar surface area (TPSA) is 46.9 Å². The Labute approximate surface area is 138 Å². The van der Waals surface area contributed by atoms with E-state index >= 15 is 0 Å². The first-order valence-electron chi connectivity index (χ1n) is 8.02. The maximum Gasteiger partial charge on any atom is 0.123 e. The predicted octanol–water partition coefficient (Wildman–Crippen LogP) is 2.63. The Morgan fingerprint density at radius 2 is 2.00 bits per heavy atom. The van der Waals surface area contributed by atoms with Gasteiger partial charge in [0.2, 0.25) is 0 Å². The maximum absolute atomic E-state index is 10.2. The molecule has 0 amide bonds. The first-order chi connectivity index (χ1) is 10.5. The van der Waals surface area contributed by atoms with Crippen molar-refractivity contribution in [3.05, 3.63) is 28.3 Å². The van der Waals surface area contributed by atoms with Crippen molar-refractivity contribution < 1.29 is 10.2 Å². The SMILES string of the molecule is Cc1cc(Cl)cc(CN2CCC(N(C)CCCO)CC2)c1O. The van der Waals surface area contributed by atoms with Gasteiger partial charge in [-0.2, -0.15) is 0 Å². The lowest BCUT2D eigenvalue weighted by Gasteiger charge is -2.36. The highest BCUT2D eigenvalue weighted by Crippen LogP contribution is 2.28. The summed E-state index contributed by atoms with van der Waals surface area (Å²) in [5.41, 5.74) is 1.75. The van der Waals surface area contributed by atoms with Crippen molar-refractivity contribution in [2.45, 2.75) is 38.8 Å². The summed E-state index contributed by atoms with van der Waals surface area (Å²) in [4.78, 5) is 4.73. The van der Waals surface area contributed by atoms with Crippen LogP contribution in [0.25, 0.3) is 0 Å². The number of phenols is 1. The number of piperidine rings is 1. The summed E-state index contributed by atoms with van der Waals surface area (Å²) in [6.07, 6.45) is 3.09. The Balaban J connectivity index is 1.88. The second kappa shape index (κ2) is 8.16. The highest BCUT2D eigenvalue weighted by atomic mass is 35.5. The van der Waals surface area contributed by atoms with E-state index < -0.39 is 0 Å². The minimum Gasteiger partial charge on any atom is -0.507 e. The summed E-state index contributed by atoms with van der Waals surface area (Å²) in [7, 11) is 2.14. The molecule has 4 nitrogen and oxygen atoms in total. The molecule has 124 valence electrons. The number of phenolic OH excluding ortho intramolecular Hbond substituents is 1. The molecule has 1 aliphatic heterocycles. The Kier molecular flexibility index (Phi) is 6.50. The molecule has 0 atom stereocenters. The normalized spacial score (nSPS) is 17.3. The number of likely N-dealkylation sites (tertiary alicyclic amines) is 1. The van der Waals surface area contributed by atoms with E-state index in [0.717, 1.165) is 56.6 Å². The quantitative estimate of drug-likeness (QED) is 0.843. The van der Waals surface area contributed by atoms with Gasteiger partial charge in [0.15, 0.2) is 0 Å². The van der Waals surface area contributed by atoms with E-state index in [0.29, 0.717) is 16.8 Å². The number of hydrogen-bond acceptors (Lipinski definition) is 4. The van der Waals surface area contributed by atoms with E-state index in [1.54, 1.807) is 6.07 Å². The average Bonchev–Trinajstić information content (AvgIpc) is 2.50. The molecule has 0 bridgehead atoms. The number of aliphatic hydroxyl groups excluding tert-OH is 1. The number of halogens is 1. The van der Waals surface area contributed by atoms with Crippen molar-refractivity contribution in [3.8, 4) is 5.75 Å². The molecule has 0 saturated carbocycles. The van der Waals surface area contributed by atoms with E-state index in [1.807, 2.05) is 13.0 Å². The van der Waals surface area contributed by atoms with Crippen molar-refractivity contribution in [1.82, 2.24) is 9.80 Å². The second-order valence-corrected chi connectivity index (χ2v) is 6.73. The lowest BCUT2D eigenvalue weighted by molar-refractivity contribution is 0.117. The van der Waals surface area contributed by atoms with Crippen LogP contribution < -0.4 is 0 Å². The van der Waals surface area contributed by atoms with Gasteiger partial charge in [-0.05, 0) is 64.0 Å². The molecule has 2 rings (SSSR count). The Morgan fingerprint density at radius 1 is 1.32 bits per heavy atom. The molecule has 1 aliphatic rings. The van der Waals surface area contributed by atoms with E-state index in [4.69, 9.17) is 16.7 Å². The molecule has 5 heteroatoms. The minimum atomic E-state index is 0.260. The lowest BCUT2D eigenvalue weighted by atomic mass is 10.0. The molecule has 0 aromatic heterocycles. The summed E-state index contributed by atoms with van der Waals surface area (Å²) in [5, 5.41) is 19.8. The zero-order valence-corrected chi connectivity index (χ0v) is 14.3. The molecular weight excluding hydrogens is 300 g/mol. The zero-order chi connectivity index (χ0) is 16.1. The fourth-order valence-corrected chi connectivity index (χ4v) is 3.48. The molecule has 1 heterocycles. The van der Waals surface area contributed by atoms with Crippen molar-refractivity contribution in [2.75, 3.05) is 33.3 Å². The highest BCUT2D eigenvalue weighted by Gasteiger charge is 2.23. The molecular formula is C17H27ClN2O2. The lowest BCUT2D eigenvalue weighted by Crippen LogP contribution is -2.43. The molecule has 1 aromatic carbocycles. The standard InChI is InChI=1S/C17H27ClN2O2/c1-13-10-15(18)11-14(17(13)22)12-20-7-4-16(5-8-20)19(2)6-3-9-21/h10-11,16,21-22H,3-9,12H2,1-2H3. The number of aromatic hydroxyl groups is 1. The smallest absolute Gasteiger partial charge is 0.123 e. The third-order valence-electron chi connectivity index (χ3n) is 4.59. The van der Waals surface area contributed by atoms with Crippen molar-refractivity contribution >= 4 is 11.6 Å². The van der Waals surface area contributed by atoms with Crippen LogP contribution in [0.3, 0.4) is 0 Å². The van der Waals surface area contributed by atoms with Crippen LogP contribution in [0.2, 0.25) is 5.02 Å². The molecule has 0 radical (unpaired) electrons. The van der Waals surface area contributed by atoms with Gasteiger partial charge in [-0.25, -0.2) is 0 Å². The van der Waals surface area contributed by atoms with Gasteiger partial charge in [-0.3, -0.25) is 4.90 Å². The second-order valence-electron chi connectivity index (χ2n) is 6.30. The van der Waals surface area contributed by atoms with Crippen LogP contribution in [0, 0.1) is 6.92 Å². The van der Waals surface area contributed by atoms with Gasteiger partial charge in [0, 0.05) is 36.3 Å². The average molecular weight is 327 g/mol. The molecule has 0 aliphatic carbocycles. The molecule has 1 aromatic rings. The van der Waals surface area contributed by atoms with Crippen molar-refractivity contribution in [1.29, 1.82) is 0 Å². The molecule has 0 unspecified atom stereocenters. The molecule has 22 heavy (non-hydrogen) atoms. The van der Waals surface area contributed by atoms with Crippen molar-refractivity contribution in [2.24, 2.45) is 0 Å². The van der Waals surface area contributed by atoms with Gasteiger partial charge >= 0.3 is 0 Å². The maximum atomic E-state index is 10.2. The van der Waals surface area contributed by atoms with Crippen LogP contribution in [0.5, 0.6) is 5.75 Å². The fourth-order valence-electron chi connectivity index (χ4n) is 3.19. The van der Waals surface area contributed by atoms with Crippen LogP contribution in [0.1, 0.15) is 30.4 Å². The van der Waals surface area contributed by atoms with E-state index in [2.05, 4.69) is 16.8 Å². The summed E-state index contributed by atoms with van der Waals surface area (Å²) >= 11 is 6.10. The summed E-state index contributed by atoms with van der Waals surface area (Å²) < 4.78 is 0. The van der Waals surface area contributed by atoms with E-state index in [1.165, 1.54) is 0 Å². The van der Waals surface area contributed by atoms with Crippen LogP contribution in [-0.4, -0.2) is 59.3 Å². The Morgan fingerprint density at radius 3 is 2.64 bits per heavy atom. The van der Waals surface area contributed by atoms with Crippen LogP contribution in [0.15, 0.2) is 12.1 Å². The molecule has 0 spiro atoms. The number of benzene rings is 1. The summed E-state index contributed by atoms with van der Waals surface area (Å²) in [6, 6.07) is 4.25. The molecule has 2 N–H and O–H groups in total. The van der Waals surface area contributed by atoms with Gasteiger partial charge in [-0.15, -0.1) is 0 Å². The number of rotatable bonds is 6. The number of nitrogens with zero attached hydrogens (tertiary/aromatic N) is 2. The number of aryl methyl sites for hydroxylation is 1. The van der Waals surface area contributed by atoms with Crippen LogP contribution in [-0.2, 0) is 6.54 Å². The van der Waals surface area contributed by atoms with Crippen LogP contribution >= 0.6 is 11.6 Å². The minimum absolute atomic E-state index is 0.260. The van der Waals surface area contributed by atoms with Gasteiger partial charge in [0.1, 0.15) is 5.75 Å². The molecule has 1 fully saturated rings. The number of hydrogen-bond donors (Lipinski definition) is 2. The zero-order valence-electron chi connectivity index (χ0n) is 13.6. The monoisotopic (exact) mass is 326 g/mol. The van der Waals surface area contributed by atoms with Gasteiger partial charge in [0.25, 0.3) is 0 Å². The highest BCUT2D eigenvalue weighted by molar-refractivity contribution is 6.30. The fraction of sp³-hybridized carbons (Fsp3) is 0.647. The van der Waals surface area contributed by atoms with Gasteiger partial charge in [0.05, 0.1) is 0 Å². The summed E-state index contributed by atoms with van der Waals surface area (Å²) in [6.45, 7) is 5.90. The third kappa shape index (κ3) is 4.59. The molecule has 1 saturated heterocycles. The Hall–Kier alpha value is -0.810. The Bertz CT molecular complexity index is 488. The predicted molar refractivity (Wildman–Crippen MR) is 90.5 cm³/mol. The summed E-state index contributed by atoms with van der Waals surface area (Å²) in [5.74, 6) is 0.367. The van der Waals surface area contributed by atoms with Crippen LogP contribution in [0.4, 0.5) is 0 Å². The largest absolute Gasteiger partial charge is 0.507 e. The van der Waals surface area contributed by atoms with Crippen molar-refractivity contribution in [3.63, 3.8) is 0 Å². The van der Waals surface area contributed by atoms with E-state index in [-0.39, 0.29) is 6.61 Å². The number of aliphatic hydroxyl groups is 1. The van der Waals surface area contributed by atoms with Gasteiger partial charge < -0.3 is 15.1 Å². The first-order valence-corrected chi connectivity index (χ1v) is 8.40.